The van der Waals surface area contributed by atoms with E-state index in [-0.39, 0.29) is 46.8 Å². The standard InChI is InChI=1S/C23H26ClF3N6O3/c1-12-9-13(7-8-36-12)33-18(34)11-22(2,30-21(33)28)14-5-4-6-15(19(14)24)29-20(35)16-10-17(23(25,26)27)31-32(16)3/h4-6,10,12-13H,7-9,11H2,1-3H3,(H2,28,30)(H,29,35)/t12-,13-,22+/m1/s1. The quantitative estimate of drug-likeness (QED) is 0.631. The minimum absolute atomic E-state index is 0.000893. The van der Waals surface area contributed by atoms with E-state index < -0.39 is 23.3 Å². The van der Waals surface area contributed by atoms with Gasteiger partial charge in [0.05, 0.1) is 28.8 Å². The maximum Gasteiger partial charge on any atom is 0.435 e. The monoisotopic (exact) mass is 526 g/mol. The molecule has 0 radical (unpaired) electrons. The van der Waals surface area contributed by atoms with Gasteiger partial charge in [-0.25, -0.2) is 4.99 Å². The number of nitrogens with two attached hydrogens (primary N) is 1. The Labute approximate surface area is 210 Å². The summed E-state index contributed by atoms with van der Waals surface area (Å²) in [5.74, 6) is -0.954. The lowest BCUT2D eigenvalue weighted by Gasteiger charge is -2.41. The van der Waals surface area contributed by atoms with Gasteiger partial charge in [-0.15, -0.1) is 0 Å². The van der Waals surface area contributed by atoms with Crippen molar-refractivity contribution in [3.8, 4) is 0 Å². The number of carbonyl (C=O) groups is 2. The Morgan fingerprint density at radius 2 is 2.08 bits per heavy atom. The highest BCUT2D eigenvalue weighted by Gasteiger charge is 2.42. The van der Waals surface area contributed by atoms with E-state index in [0.29, 0.717) is 31.1 Å². The van der Waals surface area contributed by atoms with Crippen LogP contribution >= 0.6 is 11.6 Å². The van der Waals surface area contributed by atoms with Gasteiger partial charge in [0.25, 0.3) is 5.91 Å². The molecule has 9 nitrogen and oxygen atoms in total. The van der Waals surface area contributed by atoms with Crippen molar-refractivity contribution in [2.75, 3.05) is 11.9 Å². The molecule has 0 aliphatic carbocycles. The number of benzene rings is 1. The molecule has 0 bridgehead atoms. The summed E-state index contributed by atoms with van der Waals surface area (Å²) in [5, 5.41) is 5.98. The van der Waals surface area contributed by atoms with E-state index >= 15 is 0 Å². The Hall–Kier alpha value is -3.12. The first-order chi connectivity index (χ1) is 16.8. The lowest BCUT2D eigenvalue weighted by atomic mass is 9.86. The normalized spacial score (nSPS) is 25.0. The summed E-state index contributed by atoms with van der Waals surface area (Å²) in [7, 11) is 1.24. The van der Waals surface area contributed by atoms with E-state index in [1.54, 1.807) is 19.1 Å². The molecule has 2 aromatic rings. The maximum atomic E-state index is 13.2. The Bertz CT molecular complexity index is 1230. The van der Waals surface area contributed by atoms with Crippen LogP contribution in [0.1, 0.15) is 54.9 Å². The molecule has 0 saturated carbocycles. The highest BCUT2D eigenvalue weighted by atomic mass is 35.5. The van der Waals surface area contributed by atoms with Gasteiger partial charge >= 0.3 is 6.18 Å². The fraction of sp³-hybridized carbons (Fsp3) is 0.478. The smallest absolute Gasteiger partial charge is 0.378 e. The number of hydrogen-bond donors (Lipinski definition) is 2. The fourth-order valence-corrected chi connectivity index (χ4v) is 5.03. The maximum absolute atomic E-state index is 13.2. The number of guanidine groups is 1. The first-order valence-electron chi connectivity index (χ1n) is 11.3. The van der Waals surface area contributed by atoms with Crippen molar-refractivity contribution < 1.29 is 27.5 Å². The summed E-state index contributed by atoms with van der Waals surface area (Å²) in [4.78, 5) is 32.1. The Morgan fingerprint density at radius 3 is 2.69 bits per heavy atom. The molecular weight excluding hydrogens is 501 g/mol. The molecule has 2 aliphatic rings. The summed E-state index contributed by atoms with van der Waals surface area (Å²) in [6.07, 6.45) is -3.41. The molecule has 3 atom stereocenters. The van der Waals surface area contributed by atoms with E-state index in [4.69, 9.17) is 22.1 Å². The van der Waals surface area contributed by atoms with Crippen molar-refractivity contribution in [1.29, 1.82) is 0 Å². The lowest BCUT2D eigenvalue weighted by Crippen LogP contribution is -2.56. The Kier molecular flexibility index (Phi) is 6.78. The Balaban J connectivity index is 1.60. The molecular formula is C23H26ClF3N6O3. The van der Waals surface area contributed by atoms with Gasteiger partial charge in [-0.3, -0.25) is 19.2 Å². The number of halogens is 4. The van der Waals surface area contributed by atoms with Crippen molar-refractivity contribution >= 4 is 35.1 Å². The highest BCUT2D eigenvalue weighted by molar-refractivity contribution is 6.35. The fourth-order valence-electron chi connectivity index (χ4n) is 4.66. The highest BCUT2D eigenvalue weighted by Crippen LogP contribution is 2.41. The SMILES string of the molecule is C[C@@H]1C[C@H](N2C(=O)C[C@@](C)(c3cccc(NC(=O)c4cc(C(F)(F)F)nn4C)c3Cl)N=C2N)CCO1. The minimum Gasteiger partial charge on any atom is -0.378 e. The van der Waals surface area contributed by atoms with Gasteiger partial charge < -0.3 is 15.8 Å². The van der Waals surface area contributed by atoms with Gasteiger partial charge in [0.15, 0.2) is 11.7 Å². The average molecular weight is 527 g/mol. The van der Waals surface area contributed by atoms with Crippen LogP contribution < -0.4 is 11.1 Å². The number of nitrogens with zero attached hydrogens (tertiary/aromatic N) is 4. The number of amides is 2. The second kappa shape index (κ2) is 9.40. The van der Waals surface area contributed by atoms with Gasteiger partial charge in [0.2, 0.25) is 5.91 Å². The first-order valence-corrected chi connectivity index (χ1v) is 11.7. The van der Waals surface area contributed by atoms with Gasteiger partial charge in [-0.1, -0.05) is 23.7 Å². The number of aryl methyl sites for hydroxylation is 1. The molecule has 194 valence electrons. The molecule has 13 heteroatoms. The topological polar surface area (TPSA) is 115 Å². The van der Waals surface area contributed by atoms with Gasteiger partial charge in [0.1, 0.15) is 5.69 Å². The predicted octanol–water partition coefficient (Wildman–Crippen LogP) is 3.67. The van der Waals surface area contributed by atoms with Crippen molar-refractivity contribution in [1.82, 2.24) is 14.7 Å². The molecule has 36 heavy (non-hydrogen) atoms. The zero-order valence-corrected chi connectivity index (χ0v) is 20.7. The third kappa shape index (κ3) is 4.92. The van der Waals surface area contributed by atoms with E-state index in [0.717, 1.165) is 4.68 Å². The number of carbonyl (C=O) groups excluding carboxylic acids is 2. The van der Waals surface area contributed by atoms with Crippen LogP contribution in [0.4, 0.5) is 18.9 Å². The molecule has 4 rings (SSSR count). The summed E-state index contributed by atoms with van der Waals surface area (Å²) in [5.41, 5.74) is 4.26. The number of aliphatic imine (C=N–C) groups is 1. The van der Waals surface area contributed by atoms with Crippen molar-refractivity contribution in [3.05, 3.63) is 46.2 Å². The van der Waals surface area contributed by atoms with E-state index in [1.165, 1.54) is 18.0 Å². The van der Waals surface area contributed by atoms with Gasteiger partial charge in [0, 0.05) is 31.3 Å². The van der Waals surface area contributed by atoms with E-state index in [1.807, 2.05) is 6.92 Å². The van der Waals surface area contributed by atoms with Crippen LogP contribution in [-0.4, -0.2) is 51.2 Å². The van der Waals surface area contributed by atoms with Gasteiger partial charge in [-0.2, -0.15) is 18.3 Å². The lowest BCUT2D eigenvalue weighted by molar-refractivity contribution is -0.141. The number of hydrogen-bond acceptors (Lipinski definition) is 6. The molecule has 2 aliphatic heterocycles. The molecule has 0 spiro atoms. The largest absolute Gasteiger partial charge is 0.435 e. The van der Waals surface area contributed by atoms with Crippen molar-refractivity contribution in [2.45, 2.75) is 57.0 Å². The number of rotatable bonds is 4. The minimum atomic E-state index is -4.69. The Morgan fingerprint density at radius 1 is 1.36 bits per heavy atom. The summed E-state index contributed by atoms with van der Waals surface area (Å²) in [6.45, 7) is 4.17. The molecule has 0 unspecified atom stereocenters. The molecule has 1 aromatic carbocycles. The predicted molar refractivity (Wildman–Crippen MR) is 126 cm³/mol. The summed E-state index contributed by atoms with van der Waals surface area (Å²) >= 11 is 6.61. The number of anilines is 1. The van der Waals surface area contributed by atoms with Crippen LogP contribution in [0.2, 0.25) is 5.02 Å². The van der Waals surface area contributed by atoms with E-state index in [9.17, 15) is 22.8 Å². The third-order valence-corrected chi connectivity index (χ3v) is 6.83. The number of aromatic nitrogens is 2. The molecule has 1 saturated heterocycles. The van der Waals surface area contributed by atoms with Gasteiger partial charge in [-0.05, 0) is 32.8 Å². The van der Waals surface area contributed by atoms with Crippen LogP contribution in [0.3, 0.4) is 0 Å². The number of ether oxygens (including phenoxy) is 1. The van der Waals surface area contributed by atoms with Crippen molar-refractivity contribution in [3.63, 3.8) is 0 Å². The molecule has 1 aromatic heterocycles. The van der Waals surface area contributed by atoms with Crippen LogP contribution in [0.15, 0.2) is 29.3 Å². The molecule has 3 heterocycles. The van der Waals surface area contributed by atoms with Crippen LogP contribution in [0.5, 0.6) is 0 Å². The number of alkyl halides is 3. The average Bonchev–Trinajstić information content (AvgIpc) is 3.17. The zero-order chi connectivity index (χ0) is 26.4. The van der Waals surface area contributed by atoms with Crippen LogP contribution in [-0.2, 0) is 28.3 Å². The summed E-state index contributed by atoms with van der Waals surface area (Å²) in [6, 6.07) is 5.32. The van der Waals surface area contributed by atoms with Crippen molar-refractivity contribution in [2.24, 2.45) is 17.8 Å². The molecule has 2 amide bonds. The third-order valence-electron chi connectivity index (χ3n) is 6.42. The molecule has 3 N–H and O–H groups in total. The zero-order valence-electron chi connectivity index (χ0n) is 19.9. The van der Waals surface area contributed by atoms with Crippen LogP contribution in [0.25, 0.3) is 0 Å². The molecule has 1 fully saturated rings. The first kappa shape index (κ1) is 26.0. The summed E-state index contributed by atoms with van der Waals surface area (Å²) < 4.78 is 45.3. The van der Waals surface area contributed by atoms with E-state index in [2.05, 4.69) is 15.4 Å². The second-order valence-electron chi connectivity index (χ2n) is 9.20. The second-order valence-corrected chi connectivity index (χ2v) is 9.58. The number of nitrogens with one attached hydrogen (secondary N) is 1. The van der Waals surface area contributed by atoms with Crippen LogP contribution in [0, 0.1) is 0 Å².